The molecule has 44 heavy (non-hydrogen) atoms. The third kappa shape index (κ3) is 7.33. The Morgan fingerprint density at radius 3 is 2.32 bits per heavy atom. The van der Waals surface area contributed by atoms with Crippen LogP contribution in [-0.4, -0.2) is 52.9 Å². The summed E-state index contributed by atoms with van der Waals surface area (Å²) in [5.41, 5.74) is 5.68. The number of hydrogen-bond donors (Lipinski definition) is 0. The van der Waals surface area contributed by atoms with E-state index in [0.29, 0.717) is 60.7 Å². The predicted octanol–water partition coefficient (Wildman–Crippen LogP) is 6.75. The van der Waals surface area contributed by atoms with E-state index in [2.05, 4.69) is 26.0 Å². The lowest BCUT2D eigenvalue weighted by Gasteiger charge is -2.29. The van der Waals surface area contributed by atoms with Crippen molar-refractivity contribution in [2.45, 2.75) is 65.5 Å². The number of hydrogen-bond acceptors (Lipinski definition) is 5. The molecule has 0 N–H and O–H groups in total. The van der Waals surface area contributed by atoms with Crippen molar-refractivity contribution in [3.63, 3.8) is 0 Å². The first-order valence-corrected chi connectivity index (χ1v) is 15.8. The van der Waals surface area contributed by atoms with Gasteiger partial charge in [-0.3, -0.25) is 9.59 Å². The van der Waals surface area contributed by atoms with Crippen molar-refractivity contribution in [3.8, 4) is 0 Å². The Morgan fingerprint density at radius 2 is 1.59 bits per heavy atom. The molecule has 0 bridgehead atoms. The highest BCUT2D eigenvalue weighted by molar-refractivity contribution is 6.15. The third-order valence-corrected chi connectivity index (χ3v) is 8.24. The number of esters is 1. The van der Waals surface area contributed by atoms with E-state index in [9.17, 15) is 14.4 Å². The number of unbranched alkanes of at least 4 members (excludes halogenated alkanes) is 2. The number of aliphatic imine (C=N–C) groups is 1. The molecule has 0 radical (unpaired) electrons. The smallest absolute Gasteiger partial charge is 0.338 e. The Balaban J connectivity index is 1.42. The molecule has 2 aliphatic heterocycles. The zero-order valence-corrected chi connectivity index (χ0v) is 25.8. The van der Waals surface area contributed by atoms with E-state index in [1.165, 1.54) is 5.56 Å². The summed E-state index contributed by atoms with van der Waals surface area (Å²) < 4.78 is 5.59. The summed E-state index contributed by atoms with van der Waals surface area (Å²) >= 11 is 0. The Morgan fingerprint density at radius 1 is 0.886 bits per heavy atom. The first kappa shape index (κ1) is 30.9. The molecule has 0 atom stereocenters. The van der Waals surface area contributed by atoms with Crippen LogP contribution in [0.2, 0.25) is 0 Å². The molecule has 7 nitrogen and oxygen atoms in total. The molecule has 2 heterocycles. The molecule has 0 fully saturated rings. The highest BCUT2D eigenvalue weighted by atomic mass is 16.5. The van der Waals surface area contributed by atoms with Crippen molar-refractivity contribution in [1.29, 1.82) is 0 Å². The van der Waals surface area contributed by atoms with Crippen molar-refractivity contribution in [2.24, 2.45) is 4.99 Å². The molecule has 2 amide bonds. The van der Waals surface area contributed by atoms with E-state index in [-0.39, 0.29) is 18.4 Å². The zero-order valence-electron chi connectivity index (χ0n) is 25.8. The van der Waals surface area contributed by atoms with Gasteiger partial charge in [-0.1, -0.05) is 87.4 Å². The average molecular weight is 592 g/mol. The molecule has 0 spiro atoms. The molecule has 0 saturated carbocycles. The maximum atomic E-state index is 14.1. The molecule has 0 unspecified atom stereocenters. The summed E-state index contributed by atoms with van der Waals surface area (Å²) in [5, 5.41) is 0. The summed E-state index contributed by atoms with van der Waals surface area (Å²) in [7, 11) is 0. The number of amides is 2. The van der Waals surface area contributed by atoms with E-state index in [4.69, 9.17) is 9.73 Å². The van der Waals surface area contributed by atoms with Gasteiger partial charge in [-0.25, -0.2) is 9.79 Å². The Hall–Kier alpha value is -4.52. The fourth-order valence-corrected chi connectivity index (χ4v) is 5.66. The van der Waals surface area contributed by atoms with Gasteiger partial charge in [0.25, 0.3) is 11.8 Å². The van der Waals surface area contributed by atoms with Gasteiger partial charge in [-0.15, -0.1) is 0 Å². The highest BCUT2D eigenvalue weighted by Crippen LogP contribution is 2.26. The quantitative estimate of drug-likeness (QED) is 0.218. The Labute approximate surface area is 260 Å². The van der Waals surface area contributed by atoms with Crippen LogP contribution < -0.4 is 0 Å². The van der Waals surface area contributed by atoms with Crippen LogP contribution in [0.25, 0.3) is 0 Å². The first-order valence-electron chi connectivity index (χ1n) is 15.8. The van der Waals surface area contributed by atoms with Crippen molar-refractivity contribution in [3.05, 3.63) is 118 Å². The molecule has 3 aromatic carbocycles. The van der Waals surface area contributed by atoms with E-state index >= 15 is 0 Å². The average Bonchev–Trinajstić information content (AvgIpc) is 3.57. The van der Waals surface area contributed by atoms with E-state index in [1.54, 1.807) is 18.2 Å². The molecule has 2 aliphatic rings. The van der Waals surface area contributed by atoms with Crippen LogP contribution in [0, 0.1) is 0 Å². The molecule has 0 aromatic heterocycles. The molecule has 3 aromatic rings. The lowest BCUT2D eigenvalue weighted by Crippen LogP contribution is -2.36. The van der Waals surface area contributed by atoms with Crippen LogP contribution in [-0.2, 0) is 29.1 Å². The largest absolute Gasteiger partial charge is 0.457 e. The van der Waals surface area contributed by atoms with Gasteiger partial charge in [0, 0.05) is 43.7 Å². The van der Waals surface area contributed by atoms with Crippen molar-refractivity contribution < 1.29 is 19.1 Å². The maximum Gasteiger partial charge on any atom is 0.338 e. The van der Waals surface area contributed by atoms with Gasteiger partial charge in [0.15, 0.2) is 0 Å². The summed E-state index contributed by atoms with van der Waals surface area (Å²) in [6, 6.07) is 22.8. The monoisotopic (exact) mass is 591 g/mol. The van der Waals surface area contributed by atoms with Crippen LogP contribution in [0.4, 0.5) is 0 Å². The fraction of sp³-hybridized carbons (Fsp3) is 0.351. The lowest BCUT2D eigenvalue weighted by molar-refractivity contribution is -0.127. The summed E-state index contributed by atoms with van der Waals surface area (Å²) in [6.45, 7) is 6.87. The summed E-state index contributed by atoms with van der Waals surface area (Å²) in [5.74, 6) is -0.728. The number of rotatable bonds is 12. The second kappa shape index (κ2) is 14.8. The number of carbonyl (C=O) groups is 3. The van der Waals surface area contributed by atoms with Gasteiger partial charge in [0.05, 0.1) is 11.3 Å². The first-order chi connectivity index (χ1) is 21.5. The molecular weight excluding hydrogens is 550 g/mol. The van der Waals surface area contributed by atoms with Crippen LogP contribution in [0.3, 0.4) is 0 Å². The Kier molecular flexibility index (Phi) is 10.4. The van der Waals surface area contributed by atoms with Crippen LogP contribution >= 0.6 is 0 Å². The van der Waals surface area contributed by atoms with E-state index in [0.717, 1.165) is 43.2 Å². The second-order valence-electron chi connectivity index (χ2n) is 11.4. The summed E-state index contributed by atoms with van der Waals surface area (Å²) in [6.07, 6.45) is 6.97. The van der Waals surface area contributed by atoms with Gasteiger partial charge >= 0.3 is 5.97 Å². The number of carbonyl (C=O) groups excluding carboxylic acids is 3. The molecule has 7 heteroatoms. The number of ether oxygens (including phenoxy) is 1. The van der Waals surface area contributed by atoms with Crippen molar-refractivity contribution in [1.82, 2.24) is 9.80 Å². The van der Waals surface area contributed by atoms with E-state index < -0.39 is 5.97 Å². The standard InChI is InChI=1S/C37H41N3O4/c1-3-5-21-39(22-6-4-2)36(42)34-19-18-33(38-34)31-17-16-29(37(43)44-26-27-12-8-7-9-13-27)24-32(31)35(41)40-23-20-28-14-10-11-15-30(28)25-40/h7-17,19,24H,3-6,18,20-23,25-26H2,1-2H3. The topological polar surface area (TPSA) is 79.3 Å². The minimum atomic E-state index is -0.497. The van der Waals surface area contributed by atoms with Crippen LogP contribution in [0.1, 0.15) is 88.9 Å². The fourth-order valence-electron chi connectivity index (χ4n) is 5.66. The number of benzene rings is 3. The van der Waals surface area contributed by atoms with Crippen molar-refractivity contribution >= 4 is 23.5 Å². The van der Waals surface area contributed by atoms with Gasteiger partial charge in [0.1, 0.15) is 12.3 Å². The minimum Gasteiger partial charge on any atom is -0.457 e. The molecule has 5 rings (SSSR count). The summed E-state index contributed by atoms with van der Waals surface area (Å²) in [4.78, 5) is 49.2. The van der Waals surface area contributed by atoms with Crippen LogP contribution in [0.15, 0.2) is 89.6 Å². The van der Waals surface area contributed by atoms with Gasteiger partial charge in [-0.05, 0) is 54.2 Å². The molecule has 0 aliphatic carbocycles. The molecule has 0 saturated heterocycles. The zero-order chi connectivity index (χ0) is 30.9. The number of fused-ring (bicyclic) bond motifs is 1. The highest BCUT2D eigenvalue weighted by Gasteiger charge is 2.28. The maximum absolute atomic E-state index is 14.1. The normalized spacial score (nSPS) is 14.0. The lowest BCUT2D eigenvalue weighted by atomic mass is 9.95. The SMILES string of the molecule is CCCCN(CCCC)C(=O)C1=CCC(c2ccc(C(=O)OCc3ccccc3)cc2C(=O)N2CCc3ccccc3C2)=N1. The number of nitrogens with zero attached hydrogens (tertiary/aromatic N) is 3. The van der Waals surface area contributed by atoms with Crippen molar-refractivity contribution in [2.75, 3.05) is 19.6 Å². The molecule has 228 valence electrons. The minimum absolute atomic E-state index is 0.0662. The predicted molar refractivity (Wildman–Crippen MR) is 173 cm³/mol. The second-order valence-corrected chi connectivity index (χ2v) is 11.4. The third-order valence-electron chi connectivity index (χ3n) is 8.24. The van der Waals surface area contributed by atoms with E-state index in [1.807, 2.05) is 58.3 Å². The van der Waals surface area contributed by atoms with Gasteiger partial charge < -0.3 is 14.5 Å². The molecular formula is C37H41N3O4. The Bertz CT molecular complexity index is 1550. The number of allylic oxidation sites excluding steroid dienone is 1. The van der Waals surface area contributed by atoms with Gasteiger partial charge in [-0.2, -0.15) is 0 Å². The van der Waals surface area contributed by atoms with Crippen LogP contribution in [0.5, 0.6) is 0 Å². The van der Waals surface area contributed by atoms with Gasteiger partial charge in [0.2, 0.25) is 0 Å².